The van der Waals surface area contributed by atoms with Gasteiger partial charge in [-0.2, -0.15) is 5.26 Å². The van der Waals surface area contributed by atoms with Crippen molar-refractivity contribution in [1.29, 1.82) is 5.26 Å². The Morgan fingerprint density at radius 2 is 2.17 bits per heavy atom. The second kappa shape index (κ2) is 6.23. The first kappa shape index (κ1) is 15.3. The fourth-order valence-electron chi connectivity index (χ4n) is 3.04. The van der Waals surface area contributed by atoms with E-state index in [-0.39, 0.29) is 11.8 Å². The lowest BCUT2D eigenvalue weighted by Gasteiger charge is -2.16. The zero-order chi connectivity index (χ0) is 16.4. The lowest BCUT2D eigenvalue weighted by atomic mass is 9.97. The first-order chi connectivity index (χ1) is 11.1. The van der Waals surface area contributed by atoms with Crippen molar-refractivity contribution in [3.05, 3.63) is 53.6 Å². The Labute approximate surface area is 134 Å². The van der Waals surface area contributed by atoms with E-state index in [0.29, 0.717) is 30.8 Å². The molecule has 3 heterocycles. The third kappa shape index (κ3) is 3.10. The summed E-state index contributed by atoms with van der Waals surface area (Å²) in [6.45, 7) is 0.830. The monoisotopic (exact) mass is 310 g/mol. The van der Waals surface area contributed by atoms with Crippen molar-refractivity contribution in [3.8, 4) is 6.07 Å². The van der Waals surface area contributed by atoms with Crippen LogP contribution in [0.5, 0.6) is 0 Å². The summed E-state index contributed by atoms with van der Waals surface area (Å²) in [6.07, 6.45) is 5.26. The van der Waals surface area contributed by atoms with Gasteiger partial charge in [0.1, 0.15) is 11.8 Å². The molecule has 1 amide bonds. The average molecular weight is 310 g/mol. The summed E-state index contributed by atoms with van der Waals surface area (Å²) in [5.41, 5.74) is 2.03. The predicted molar refractivity (Wildman–Crippen MR) is 83.5 cm³/mol. The molecule has 23 heavy (non-hydrogen) atoms. The minimum atomic E-state index is -0.539. The Hall–Kier alpha value is -2.65. The SMILES string of the molecule is Cn1cc(C#N)cc1C(=O)N1C[C@@H](Cc2ccncc2)[C@H](O)C1. The number of carbonyl (C=O) groups is 1. The van der Waals surface area contributed by atoms with Crippen molar-refractivity contribution in [2.75, 3.05) is 13.1 Å². The molecule has 0 unspecified atom stereocenters. The van der Waals surface area contributed by atoms with Crippen LogP contribution in [-0.2, 0) is 13.5 Å². The molecule has 1 saturated heterocycles. The molecular weight excluding hydrogens is 292 g/mol. The summed E-state index contributed by atoms with van der Waals surface area (Å²) in [5.74, 6) is -0.137. The molecule has 2 aromatic heterocycles. The van der Waals surface area contributed by atoms with Gasteiger partial charge in [-0.05, 0) is 30.2 Å². The van der Waals surface area contributed by atoms with Crippen LogP contribution in [0.4, 0.5) is 0 Å². The van der Waals surface area contributed by atoms with Gasteiger partial charge in [0.15, 0.2) is 0 Å². The summed E-state index contributed by atoms with van der Waals surface area (Å²) in [5, 5.41) is 19.2. The molecule has 1 fully saturated rings. The second-order valence-electron chi connectivity index (χ2n) is 5.93. The molecule has 6 heteroatoms. The molecule has 118 valence electrons. The Morgan fingerprint density at radius 3 is 2.83 bits per heavy atom. The first-order valence-electron chi connectivity index (χ1n) is 7.51. The summed E-state index contributed by atoms with van der Waals surface area (Å²) >= 11 is 0. The minimum Gasteiger partial charge on any atom is -0.391 e. The largest absolute Gasteiger partial charge is 0.391 e. The molecule has 3 rings (SSSR count). The topological polar surface area (TPSA) is 82.2 Å². The van der Waals surface area contributed by atoms with Crippen LogP contribution in [0, 0.1) is 17.2 Å². The number of carbonyl (C=O) groups excluding carboxylic acids is 1. The van der Waals surface area contributed by atoms with Gasteiger partial charge in [0, 0.05) is 44.6 Å². The molecule has 1 aliphatic heterocycles. The van der Waals surface area contributed by atoms with Crippen LogP contribution in [0.1, 0.15) is 21.6 Å². The predicted octanol–water partition coefficient (Wildman–Crippen LogP) is 0.967. The van der Waals surface area contributed by atoms with E-state index in [9.17, 15) is 9.90 Å². The number of hydrogen-bond acceptors (Lipinski definition) is 4. The zero-order valence-electron chi connectivity index (χ0n) is 12.9. The van der Waals surface area contributed by atoms with Crippen molar-refractivity contribution in [3.63, 3.8) is 0 Å². The molecule has 6 nitrogen and oxygen atoms in total. The molecule has 0 spiro atoms. The number of aliphatic hydroxyl groups is 1. The highest BCUT2D eigenvalue weighted by molar-refractivity contribution is 5.93. The number of amides is 1. The number of nitrogens with zero attached hydrogens (tertiary/aromatic N) is 4. The van der Waals surface area contributed by atoms with Crippen LogP contribution in [-0.4, -0.2) is 44.7 Å². The summed E-state index contributed by atoms with van der Waals surface area (Å²) in [6, 6.07) is 7.47. The van der Waals surface area contributed by atoms with Gasteiger partial charge in [0.25, 0.3) is 5.91 Å². The number of aryl methyl sites for hydroxylation is 1. The number of aliphatic hydroxyl groups excluding tert-OH is 1. The number of hydrogen-bond donors (Lipinski definition) is 1. The molecule has 0 bridgehead atoms. The second-order valence-corrected chi connectivity index (χ2v) is 5.93. The van der Waals surface area contributed by atoms with Gasteiger partial charge in [-0.15, -0.1) is 0 Å². The highest BCUT2D eigenvalue weighted by Gasteiger charge is 2.35. The molecule has 0 radical (unpaired) electrons. The van der Waals surface area contributed by atoms with Gasteiger partial charge in [-0.3, -0.25) is 9.78 Å². The Morgan fingerprint density at radius 1 is 1.43 bits per heavy atom. The van der Waals surface area contributed by atoms with Crippen LogP contribution in [0.2, 0.25) is 0 Å². The quantitative estimate of drug-likeness (QED) is 0.915. The number of aromatic nitrogens is 2. The van der Waals surface area contributed by atoms with Crippen molar-refractivity contribution in [1.82, 2.24) is 14.5 Å². The first-order valence-corrected chi connectivity index (χ1v) is 7.51. The van der Waals surface area contributed by atoms with E-state index in [2.05, 4.69) is 4.98 Å². The Kier molecular flexibility index (Phi) is 4.13. The van der Waals surface area contributed by atoms with Crippen LogP contribution >= 0.6 is 0 Å². The van der Waals surface area contributed by atoms with Crippen LogP contribution in [0.15, 0.2) is 36.8 Å². The molecule has 1 aliphatic rings. The third-order valence-corrected chi connectivity index (χ3v) is 4.29. The van der Waals surface area contributed by atoms with Crippen molar-refractivity contribution in [2.24, 2.45) is 13.0 Å². The van der Waals surface area contributed by atoms with Gasteiger partial charge < -0.3 is 14.6 Å². The standard InChI is InChI=1S/C17H18N4O2/c1-20-9-13(8-18)7-15(20)17(23)21-10-14(16(22)11-21)6-12-2-4-19-5-3-12/h2-5,7,9,14,16,22H,6,10-11H2,1H3/t14-,16-/m1/s1. The molecule has 0 aliphatic carbocycles. The van der Waals surface area contributed by atoms with Crippen molar-refractivity contribution >= 4 is 5.91 Å². The van der Waals surface area contributed by atoms with Crippen LogP contribution in [0.25, 0.3) is 0 Å². The Balaban J connectivity index is 1.71. The lowest BCUT2D eigenvalue weighted by molar-refractivity contribution is 0.0755. The van der Waals surface area contributed by atoms with E-state index >= 15 is 0 Å². The fourth-order valence-corrected chi connectivity index (χ4v) is 3.04. The van der Waals surface area contributed by atoms with Crippen molar-refractivity contribution < 1.29 is 9.90 Å². The number of likely N-dealkylation sites (tertiary alicyclic amines) is 1. The Bertz CT molecular complexity index is 748. The summed E-state index contributed by atoms with van der Waals surface area (Å²) in [7, 11) is 1.75. The van der Waals surface area contributed by atoms with E-state index in [1.165, 1.54) is 0 Å². The van der Waals surface area contributed by atoms with E-state index in [4.69, 9.17) is 5.26 Å². The third-order valence-electron chi connectivity index (χ3n) is 4.29. The van der Waals surface area contributed by atoms with Crippen LogP contribution in [0.3, 0.4) is 0 Å². The minimum absolute atomic E-state index is 0.0112. The maximum atomic E-state index is 12.6. The normalized spacial score (nSPS) is 20.5. The van der Waals surface area contributed by atoms with E-state index in [1.807, 2.05) is 18.2 Å². The summed E-state index contributed by atoms with van der Waals surface area (Å²) < 4.78 is 1.66. The van der Waals surface area contributed by atoms with E-state index in [0.717, 1.165) is 5.56 Å². The molecule has 2 aromatic rings. The number of β-amino-alcohol motifs (C(OH)–C–C–N with tert-alkyl or cyclic N) is 1. The average Bonchev–Trinajstić information content (AvgIpc) is 3.11. The van der Waals surface area contributed by atoms with Crippen molar-refractivity contribution in [2.45, 2.75) is 12.5 Å². The highest BCUT2D eigenvalue weighted by atomic mass is 16.3. The molecular formula is C17H18N4O2. The van der Waals surface area contributed by atoms with Gasteiger partial charge in [-0.1, -0.05) is 0 Å². The van der Waals surface area contributed by atoms with Gasteiger partial charge in [-0.25, -0.2) is 0 Å². The molecule has 0 aromatic carbocycles. The maximum absolute atomic E-state index is 12.6. The lowest BCUT2D eigenvalue weighted by Crippen LogP contribution is -2.30. The van der Waals surface area contributed by atoms with Gasteiger partial charge in [0.05, 0.1) is 11.7 Å². The van der Waals surface area contributed by atoms with Crippen LogP contribution < -0.4 is 0 Å². The number of nitriles is 1. The van der Waals surface area contributed by atoms with E-state index in [1.54, 1.807) is 41.2 Å². The zero-order valence-corrected chi connectivity index (χ0v) is 12.9. The summed E-state index contributed by atoms with van der Waals surface area (Å²) in [4.78, 5) is 18.3. The molecule has 2 atom stereocenters. The molecule has 1 N–H and O–H groups in total. The highest BCUT2D eigenvalue weighted by Crippen LogP contribution is 2.23. The number of rotatable bonds is 3. The fraction of sp³-hybridized carbons (Fsp3) is 0.353. The molecule has 0 saturated carbocycles. The van der Waals surface area contributed by atoms with E-state index < -0.39 is 6.10 Å². The smallest absolute Gasteiger partial charge is 0.270 e. The number of pyridine rings is 1. The maximum Gasteiger partial charge on any atom is 0.270 e. The van der Waals surface area contributed by atoms with Gasteiger partial charge in [0.2, 0.25) is 0 Å². The van der Waals surface area contributed by atoms with Gasteiger partial charge >= 0.3 is 0 Å².